The van der Waals surface area contributed by atoms with E-state index < -0.39 is 6.10 Å². The Morgan fingerprint density at radius 1 is 1.15 bits per heavy atom. The van der Waals surface area contributed by atoms with Crippen molar-refractivity contribution in [1.29, 1.82) is 0 Å². The molecule has 3 N–H and O–H groups in total. The number of aryl methyl sites for hydroxylation is 1. The Kier molecular flexibility index (Phi) is 9.17. The third-order valence-electron chi connectivity index (χ3n) is 5.30. The molecule has 0 amide bonds. The lowest BCUT2D eigenvalue weighted by atomic mass is 9.57. The van der Waals surface area contributed by atoms with Gasteiger partial charge in [0.05, 0.1) is 13.2 Å². The smallest absolute Gasteiger partial charge is 0.161 e. The molecule has 4 nitrogen and oxygen atoms in total. The van der Waals surface area contributed by atoms with Crippen LogP contribution in [0.2, 0.25) is 0 Å². The minimum atomic E-state index is -0.427. The fourth-order valence-electron chi connectivity index (χ4n) is 4.38. The minimum Gasteiger partial charge on any atom is -0.504 e. The molecule has 0 saturated heterocycles. The molecular weight excluding hydrogens is 326 g/mol. The van der Waals surface area contributed by atoms with Crippen LogP contribution in [0.15, 0.2) is 24.3 Å². The highest BCUT2D eigenvalue weighted by atomic mass is 16.5. The summed E-state index contributed by atoms with van der Waals surface area (Å²) < 4.78 is 5.30. The number of phenolic OH excluding ortho intramolecular Hbond substituents is 1. The molecule has 1 aromatic carbocycles. The highest BCUT2D eigenvalue weighted by Gasteiger charge is 2.46. The molecule has 1 saturated carbocycles. The van der Waals surface area contributed by atoms with Crippen molar-refractivity contribution in [2.24, 2.45) is 5.92 Å². The van der Waals surface area contributed by atoms with Crippen molar-refractivity contribution in [2.45, 2.75) is 64.4 Å². The first kappa shape index (κ1) is 22.5. The zero-order valence-corrected chi connectivity index (χ0v) is 17.3. The van der Waals surface area contributed by atoms with Crippen LogP contribution in [0.25, 0.3) is 0 Å². The Balaban J connectivity index is 0.000000615. The Hall–Kier alpha value is -1.52. The van der Waals surface area contributed by atoms with Gasteiger partial charge in [0.15, 0.2) is 11.5 Å². The van der Waals surface area contributed by atoms with Crippen LogP contribution in [-0.2, 0) is 5.41 Å². The minimum absolute atomic E-state index is 0.158. The van der Waals surface area contributed by atoms with Crippen molar-refractivity contribution in [2.75, 3.05) is 21.2 Å². The molecule has 0 aliphatic heterocycles. The summed E-state index contributed by atoms with van der Waals surface area (Å²) in [5, 5.41) is 23.6. The van der Waals surface area contributed by atoms with E-state index in [9.17, 15) is 10.2 Å². The number of aliphatic hydroxyl groups is 1. The summed E-state index contributed by atoms with van der Waals surface area (Å²) in [6.07, 6.45) is 8.84. The van der Waals surface area contributed by atoms with E-state index in [0.717, 1.165) is 30.4 Å². The quantitative estimate of drug-likeness (QED) is 0.685. The molecule has 2 aliphatic rings. The lowest BCUT2D eigenvalue weighted by molar-refractivity contribution is 0.105. The second-order valence-corrected chi connectivity index (χ2v) is 6.97. The lowest BCUT2D eigenvalue weighted by Crippen LogP contribution is -2.43. The Bertz CT molecular complexity index is 585. The topological polar surface area (TPSA) is 61.7 Å². The molecule has 1 aromatic rings. The lowest BCUT2D eigenvalue weighted by Gasteiger charge is -2.47. The number of rotatable bonds is 2. The summed E-state index contributed by atoms with van der Waals surface area (Å²) in [5.74, 6) is 1.18. The van der Waals surface area contributed by atoms with Gasteiger partial charge < -0.3 is 20.3 Å². The SMILES string of the molecule is CC.CNC.COc1ccc(C)c(C23CCCCC2C=CC(O)C3)c1O. The largest absolute Gasteiger partial charge is 0.504 e. The Morgan fingerprint density at radius 3 is 2.42 bits per heavy atom. The monoisotopic (exact) mass is 363 g/mol. The van der Waals surface area contributed by atoms with Crippen LogP contribution in [0, 0.1) is 12.8 Å². The third kappa shape index (κ3) is 4.60. The maximum absolute atomic E-state index is 10.7. The molecule has 26 heavy (non-hydrogen) atoms. The average Bonchev–Trinajstić information content (AvgIpc) is 2.64. The summed E-state index contributed by atoms with van der Waals surface area (Å²) in [4.78, 5) is 0. The molecule has 3 atom stereocenters. The summed E-state index contributed by atoms with van der Waals surface area (Å²) in [6.45, 7) is 6.04. The molecular formula is C22H37NO3. The van der Waals surface area contributed by atoms with Crippen molar-refractivity contribution in [3.63, 3.8) is 0 Å². The van der Waals surface area contributed by atoms with Gasteiger partial charge in [0.1, 0.15) is 0 Å². The van der Waals surface area contributed by atoms with E-state index in [-0.39, 0.29) is 11.2 Å². The van der Waals surface area contributed by atoms with Crippen molar-refractivity contribution >= 4 is 0 Å². The van der Waals surface area contributed by atoms with E-state index in [2.05, 4.69) is 11.4 Å². The number of ether oxygens (including phenoxy) is 1. The van der Waals surface area contributed by atoms with Crippen LogP contribution >= 0.6 is 0 Å². The first-order valence-electron chi connectivity index (χ1n) is 9.82. The van der Waals surface area contributed by atoms with Crippen LogP contribution in [0.4, 0.5) is 0 Å². The highest BCUT2D eigenvalue weighted by molar-refractivity contribution is 5.54. The number of nitrogens with one attached hydrogen (secondary N) is 1. The second kappa shape index (κ2) is 10.6. The van der Waals surface area contributed by atoms with Crippen LogP contribution in [-0.4, -0.2) is 37.5 Å². The first-order chi connectivity index (χ1) is 12.5. The van der Waals surface area contributed by atoms with E-state index in [1.165, 1.54) is 6.42 Å². The molecule has 1 fully saturated rings. The number of methoxy groups -OCH3 is 1. The molecule has 2 aliphatic carbocycles. The van der Waals surface area contributed by atoms with Crippen molar-refractivity contribution in [1.82, 2.24) is 5.32 Å². The van der Waals surface area contributed by atoms with Gasteiger partial charge in [-0.15, -0.1) is 0 Å². The van der Waals surface area contributed by atoms with E-state index in [4.69, 9.17) is 4.74 Å². The summed E-state index contributed by atoms with van der Waals surface area (Å²) in [5.41, 5.74) is 1.91. The van der Waals surface area contributed by atoms with Crippen molar-refractivity contribution in [3.8, 4) is 11.5 Å². The van der Waals surface area contributed by atoms with Gasteiger partial charge in [-0.1, -0.05) is 44.9 Å². The Labute approximate surface area is 159 Å². The number of fused-ring (bicyclic) bond motifs is 1. The fraction of sp³-hybridized carbons (Fsp3) is 0.636. The van der Waals surface area contributed by atoms with E-state index in [0.29, 0.717) is 18.1 Å². The molecule has 4 heteroatoms. The Morgan fingerprint density at radius 2 is 1.81 bits per heavy atom. The number of hydrogen-bond donors (Lipinski definition) is 3. The van der Waals surface area contributed by atoms with Crippen LogP contribution in [0.3, 0.4) is 0 Å². The predicted molar refractivity (Wildman–Crippen MR) is 109 cm³/mol. The molecule has 0 heterocycles. The van der Waals surface area contributed by atoms with Crippen molar-refractivity contribution in [3.05, 3.63) is 35.4 Å². The number of aliphatic hydroxyl groups excluding tert-OH is 1. The molecule has 0 aromatic heterocycles. The van der Waals surface area contributed by atoms with Crippen LogP contribution in [0.1, 0.15) is 57.1 Å². The van der Waals surface area contributed by atoms with Gasteiger partial charge in [-0.2, -0.15) is 0 Å². The molecule has 0 spiro atoms. The third-order valence-corrected chi connectivity index (χ3v) is 5.30. The predicted octanol–water partition coefficient (Wildman–Crippen LogP) is 4.32. The fourth-order valence-corrected chi connectivity index (χ4v) is 4.38. The zero-order chi connectivity index (χ0) is 19.7. The molecule has 148 valence electrons. The standard InChI is InChI=1S/C18H24O3.C2H7N.C2H6/c1-12-6-9-15(21-2)17(20)16(12)18-10-4-3-5-13(18)7-8-14(19)11-18;1-3-2;1-2/h6-9,13-14,19-20H,3-5,10-11H2,1-2H3;3H,1-2H3;1-2H3. The summed E-state index contributed by atoms with van der Waals surface area (Å²) >= 11 is 0. The van der Waals surface area contributed by atoms with Gasteiger partial charge >= 0.3 is 0 Å². The summed E-state index contributed by atoms with van der Waals surface area (Å²) in [7, 11) is 5.33. The van der Waals surface area contributed by atoms with E-state index in [1.54, 1.807) is 7.11 Å². The molecule has 3 unspecified atom stereocenters. The van der Waals surface area contributed by atoms with Crippen LogP contribution < -0.4 is 10.1 Å². The number of phenols is 1. The normalized spacial score (nSPS) is 26.6. The van der Waals surface area contributed by atoms with Gasteiger partial charge in [-0.25, -0.2) is 0 Å². The molecule has 0 bridgehead atoms. The van der Waals surface area contributed by atoms with Crippen molar-refractivity contribution < 1.29 is 14.9 Å². The number of allylic oxidation sites excluding steroid dienone is 1. The zero-order valence-electron chi connectivity index (χ0n) is 17.3. The van der Waals surface area contributed by atoms with Crippen LogP contribution in [0.5, 0.6) is 11.5 Å². The van der Waals surface area contributed by atoms with E-state index >= 15 is 0 Å². The van der Waals surface area contributed by atoms with Gasteiger partial charge in [-0.05, 0) is 57.8 Å². The maximum atomic E-state index is 10.7. The van der Waals surface area contributed by atoms with Gasteiger partial charge in [0.25, 0.3) is 0 Å². The van der Waals surface area contributed by atoms with Gasteiger partial charge in [0.2, 0.25) is 0 Å². The second-order valence-electron chi connectivity index (χ2n) is 6.97. The average molecular weight is 364 g/mol. The van der Waals surface area contributed by atoms with Gasteiger partial charge in [-0.3, -0.25) is 0 Å². The van der Waals surface area contributed by atoms with E-state index in [1.807, 2.05) is 53.1 Å². The number of benzene rings is 1. The van der Waals surface area contributed by atoms with Gasteiger partial charge in [0, 0.05) is 11.0 Å². The maximum Gasteiger partial charge on any atom is 0.161 e. The number of hydrogen-bond acceptors (Lipinski definition) is 4. The molecule has 3 rings (SSSR count). The highest BCUT2D eigenvalue weighted by Crippen LogP contribution is 2.54. The number of aromatic hydroxyl groups is 1. The summed E-state index contributed by atoms with van der Waals surface area (Å²) in [6, 6.07) is 3.83. The first-order valence-corrected chi connectivity index (χ1v) is 9.82. The molecule has 0 radical (unpaired) electrons.